The van der Waals surface area contributed by atoms with E-state index in [9.17, 15) is 0 Å². The third-order valence-corrected chi connectivity index (χ3v) is 10.1. The molecule has 1 rings (SSSR count). The minimum Gasteiger partial charge on any atom is -0.396 e. The van der Waals surface area contributed by atoms with Crippen molar-refractivity contribution in [2.24, 2.45) is 0 Å². The van der Waals surface area contributed by atoms with E-state index < -0.39 is 19.4 Å². The average molecular weight is 359 g/mol. The molecule has 24 heavy (non-hydrogen) atoms. The van der Waals surface area contributed by atoms with E-state index in [1.807, 2.05) is 6.08 Å². The van der Waals surface area contributed by atoms with E-state index in [1.165, 1.54) is 12.8 Å². The Kier molecular flexibility index (Phi) is 9.16. The zero-order valence-electron chi connectivity index (χ0n) is 16.5. The molecule has 0 aromatic rings. The van der Waals surface area contributed by atoms with Gasteiger partial charge in [0, 0.05) is 27.9 Å². The van der Waals surface area contributed by atoms with E-state index in [2.05, 4.69) is 20.4 Å². The molecule has 0 saturated carbocycles. The first-order chi connectivity index (χ1) is 11.6. The molecular weight excluding hydrogens is 320 g/mol. The minimum atomic E-state index is -2.57. The Morgan fingerprint density at radius 1 is 1.08 bits per heavy atom. The van der Waals surface area contributed by atoms with Gasteiger partial charge in [-0.25, -0.2) is 0 Å². The van der Waals surface area contributed by atoms with Gasteiger partial charge >= 0.3 is 8.56 Å². The van der Waals surface area contributed by atoms with Crippen LogP contribution < -0.4 is 0 Å². The normalized spacial score (nSPS) is 29.5. The van der Waals surface area contributed by atoms with Gasteiger partial charge in [0.25, 0.3) is 0 Å². The van der Waals surface area contributed by atoms with Crippen LogP contribution in [0, 0.1) is 0 Å². The second-order valence-electron chi connectivity index (χ2n) is 6.84. The predicted molar refractivity (Wildman–Crippen MR) is 101 cm³/mol. The van der Waals surface area contributed by atoms with Crippen LogP contribution in [-0.2, 0) is 18.3 Å². The summed E-state index contributed by atoms with van der Waals surface area (Å²) in [5.41, 5.74) is -0.399. The molecule has 142 valence electrons. The summed E-state index contributed by atoms with van der Waals surface area (Å²) in [6, 6.07) is 0.949. The molecule has 5 heteroatoms. The standard InChI is InChI=1S/C19H38O4Si/c1-7-10-11-16-23-18(13-8-2)15-12-17-24(21-5,22-6)19(18,20-4)14-9-3/h8H,2,7,9-17H2,1,3-6H3. The topological polar surface area (TPSA) is 36.9 Å². The molecule has 1 saturated heterocycles. The quantitative estimate of drug-likeness (QED) is 0.286. The first-order valence-electron chi connectivity index (χ1n) is 9.47. The van der Waals surface area contributed by atoms with E-state index in [1.54, 1.807) is 21.3 Å². The summed E-state index contributed by atoms with van der Waals surface area (Å²) in [5, 5.41) is -0.503. The number of hydrogen-bond donors (Lipinski definition) is 0. The largest absolute Gasteiger partial charge is 0.396 e. The number of rotatable bonds is 12. The third-order valence-electron chi connectivity index (χ3n) is 5.65. The zero-order valence-corrected chi connectivity index (χ0v) is 17.5. The summed E-state index contributed by atoms with van der Waals surface area (Å²) >= 11 is 0. The van der Waals surface area contributed by atoms with E-state index in [0.29, 0.717) is 0 Å². The molecule has 2 atom stereocenters. The molecular formula is C19H38O4Si. The highest BCUT2D eigenvalue weighted by atomic mass is 28.4. The third kappa shape index (κ3) is 3.80. The molecule has 4 nitrogen and oxygen atoms in total. The summed E-state index contributed by atoms with van der Waals surface area (Å²) in [6.45, 7) is 9.16. The monoisotopic (exact) mass is 358 g/mol. The van der Waals surface area contributed by atoms with Crippen molar-refractivity contribution >= 4 is 8.56 Å². The van der Waals surface area contributed by atoms with Gasteiger partial charge in [-0.1, -0.05) is 39.2 Å². The summed E-state index contributed by atoms with van der Waals surface area (Å²) in [6.07, 6.45) is 10.1. The molecule has 0 amide bonds. The molecule has 0 radical (unpaired) electrons. The van der Waals surface area contributed by atoms with Gasteiger partial charge in [0.2, 0.25) is 0 Å². The molecule has 0 aliphatic carbocycles. The highest BCUT2D eigenvalue weighted by molar-refractivity contribution is 6.71. The lowest BCUT2D eigenvalue weighted by molar-refractivity contribution is -0.191. The van der Waals surface area contributed by atoms with Crippen LogP contribution in [-0.4, -0.2) is 47.3 Å². The highest BCUT2D eigenvalue weighted by Gasteiger charge is 2.69. The minimum absolute atomic E-state index is 0.399. The van der Waals surface area contributed by atoms with E-state index in [0.717, 1.165) is 51.2 Å². The maximum atomic E-state index is 6.61. The Bertz CT molecular complexity index is 372. The fraction of sp³-hybridized carbons (Fsp3) is 0.895. The van der Waals surface area contributed by atoms with Crippen molar-refractivity contribution in [1.29, 1.82) is 0 Å². The number of ether oxygens (including phenoxy) is 2. The first-order valence-corrected chi connectivity index (χ1v) is 11.5. The first kappa shape index (κ1) is 21.8. The lowest BCUT2D eigenvalue weighted by atomic mass is 9.83. The van der Waals surface area contributed by atoms with E-state index in [4.69, 9.17) is 18.3 Å². The van der Waals surface area contributed by atoms with Crippen LogP contribution in [0.25, 0.3) is 0 Å². The second-order valence-corrected chi connectivity index (χ2v) is 10.5. The second kappa shape index (κ2) is 10.1. The lowest BCUT2D eigenvalue weighted by Crippen LogP contribution is -2.76. The molecule has 0 N–H and O–H groups in total. The molecule has 0 bridgehead atoms. The lowest BCUT2D eigenvalue weighted by Gasteiger charge is -2.58. The van der Waals surface area contributed by atoms with Crippen molar-refractivity contribution < 1.29 is 18.3 Å². The summed E-state index contributed by atoms with van der Waals surface area (Å²) in [4.78, 5) is 0. The molecule has 2 unspecified atom stereocenters. The van der Waals surface area contributed by atoms with Gasteiger partial charge < -0.3 is 18.3 Å². The highest BCUT2D eigenvalue weighted by Crippen LogP contribution is 2.52. The van der Waals surface area contributed by atoms with Crippen molar-refractivity contribution in [3.05, 3.63) is 12.7 Å². The Hall–Kier alpha value is -0.203. The molecule has 0 aromatic carbocycles. The van der Waals surface area contributed by atoms with Crippen molar-refractivity contribution in [3.8, 4) is 0 Å². The Morgan fingerprint density at radius 3 is 2.29 bits per heavy atom. The van der Waals surface area contributed by atoms with Crippen molar-refractivity contribution in [2.45, 2.75) is 82.1 Å². The van der Waals surface area contributed by atoms with Crippen LogP contribution in [0.15, 0.2) is 12.7 Å². The van der Waals surface area contributed by atoms with E-state index >= 15 is 0 Å². The Morgan fingerprint density at radius 2 is 1.79 bits per heavy atom. The van der Waals surface area contributed by atoms with Gasteiger partial charge in [0.05, 0.1) is 0 Å². The SMILES string of the molecule is C=CCC1(OCCCCC)CCC[Si](OC)(OC)C1(CCC)OC. The fourth-order valence-electron chi connectivity index (χ4n) is 4.56. The summed E-state index contributed by atoms with van der Waals surface area (Å²) < 4.78 is 25.1. The zero-order chi connectivity index (χ0) is 18.1. The van der Waals surface area contributed by atoms with Gasteiger partial charge in [0.15, 0.2) is 0 Å². The van der Waals surface area contributed by atoms with Crippen LogP contribution in [0.5, 0.6) is 0 Å². The van der Waals surface area contributed by atoms with Gasteiger partial charge in [-0.05, 0) is 38.1 Å². The molecule has 1 heterocycles. The summed E-state index contributed by atoms with van der Waals surface area (Å²) in [5.74, 6) is 0. The van der Waals surface area contributed by atoms with Crippen LogP contribution in [0.2, 0.25) is 6.04 Å². The predicted octanol–water partition coefficient (Wildman–Crippen LogP) is 4.76. The maximum Gasteiger partial charge on any atom is 0.373 e. The number of methoxy groups -OCH3 is 1. The smallest absolute Gasteiger partial charge is 0.373 e. The van der Waals surface area contributed by atoms with Gasteiger partial charge in [-0.15, -0.1) is 6.58 Å². The maximum absolute atomic E-state index is 6.61. The molecule has 1 aliphatic heterocycles. The Balaban J connectivity index is 3.29. The van der Waals surface area contributed by atoms with Gasteiger partial charge in [-0.2, -0.15) is 0 Å². The van der Waals surface area contributed by atoms with Crippen molar-refractivity contribution in [1.82, 2.24) is 0 Å². The molecule has 1 fully saturated rings. The number of hydrogen-bond acceptors (Lipinski definition) is 4. The number of unbranched alkanes of at least 4 members (excludes halogenated alkanes) is 2. The van der Waals surface area contributed by atoms with Crippen molar-refractivity contribution in [3.63, 3.8) is 0 Å². The molecule has 0 aromatic heterocycles. The van der Waals surface area contributed by atoms with Crippen LogP contribution >= 0.6 is 0 Å². The van der Waals surface area contributed by atoms with Crippen LogP contribution in [0.3, 0.4) is 0 Å². The fourth-order valence-corrected chi connectivity index (χ4v) is 8.77. The summed E-state index contributed by atoms with van der Waals surface area (Å²) in [7, 11) is 2.79. The van der Waals surface area contributed by atoms with Gasteiger partial charge in [-0.3, -0.25) is 0 Å². The molecule has 1 aliphatic rings. The van der Waals surface area contributed by atoms with Crippen molar-refractivity contribution in [2.75, 3.05) is 27.9 Å². The van der Waals surface area contributed by atoms with Gasteiger partial charge in [0.1, 0.15) is 10.8 Å². The molecule has 0 spiro atoms. The van der Waals surface area contributed by atoms with Crippen LogP contribution in [0.4, 0.5) is 0 Å². The van der Waals surface area contributed by atoms with E-state index in [-0.39, 0.29) is 0 Å². The average Bonchev–Trinajstić information content (AvgIpc) is 2.60. The Labute approximate surface area is 150 Å². The van der Waals surface area contributed by atoms with Crippen LogP contribution in [0.1, 0.15) is 65.2 Å².